The molecule has 1 fully saturated rings. The van der Waals surface area contributed by atoms with Crippen molar-refractivity contribution in [2.45, 2.75) is 25.3 Å². The molecule has 0 spiro atoms. The van der Waals surface area contributed by atoms with E-state index in [1.807, 2.05) is 60.8 Å². The lowest BCUT2D eigenvalue weighted by molar-refractivity contribution is -0.119. The number of ketones is 1. The SMILES string of the molecule is O=C(NCc1ccncc1)c1ccc(C2CC2C(=O)Cc2ccc3cnccc3c2)cc1. The maximum Gasteiger partial charge on any atom is 0.251 e. The van der Waals surface area contributed by atoms with Gasteiger partial charge in [-0.15, -0.1) is 0 Å². The van der Waals surface area contributed by atoms with Crippen molar-refractivity contribution in [1.82, 2.24) is 15.3 Å². The highest BCUT2D eigenvalue weighted by atomic mass is 16.1. The molecule has 1 amide bonds. The fourth-order valence-electron chi connectivity index (χ4n) is 4.16. The van der Waals surface area contributed by atoms with Gasteiger partial charge in [0.15, 0.2) is 0 Å². The molecule has 32 heavy (non-hydrogen) atoms. The van der Waals surface area contributed by atoms with E-state index >= 15 is 0 Å². The Morgan fingerprint density at radius 1 is 0.844 bits per heavy atom. The molecule has 0 radical (unpaired) electrons. The van der Waals surface area contributed by atoms with Crippen LogP contribution in [0.3, 0.4) is 0 Å². The Kier molecular flexibility index (Phi) is 5.46. The van der Waals surface area contributed by atoms with Crippen LogP contribution in [0.5, 0.6) is 0 Å². The first-order valence-electron chi connectivity index (χ1n) is 10.8. The first-order valence-corrected chi connectivity index (χ1v) is 10.8. The molecule has 2 aromatic carbocycles. The predicted octanol–water partition coefficient (Wildman–Crippen LogP) is 4.48. The van der Waals surface area contributed by atoms with Crippen LogP contribution in [-0.4, -0.2) is 21.7 Å². The van der Waals surface area contributed by atoms with Crippen molar-refractivity contribution in [2.24, 2.45) is 5.92 Å². The van der Waals surface area contributed by atoms with Crippen molar-refractivity contribution in [3.05, 3.63) is 108 Å². The number of aromatic nitrogens is 2. The van der Waals surface area contributed by atoms with Gasteiger partial charge in [-0.1, -0.05) is 30.3 Å². The van der Waals surface area contributed by atoms with E-state index in [1.54, 1.807) is 18.6 Å². The number of pyridine rings is 2. The molecule has 5 rings (SSSR count). The lowest BCUT2D eigenvalue weighted by Gasteiger charge is -2.07. The van der Waals surface area contributed by atoms with Crippen molar-refractivity contribution in [2.75, 3.05) is 0 Å². The fourth-order valence-corrected chi connectivity index (χ4v) is 4.16. The topological polar surface area (TPSA) is 72.0 Å². The van der Waals surface area contributed by atoms with Crippen molar-refractivity contribution < 1.29 is 9.59 Å². The van der Waals surface area contributed by atoms with Gasteiger partial charge in [-0.2, -0.15) is 0 Å². The summed E-state index contributed by atoms with van der Waals surface area (Å²) in [5, 5.41) is 5.11. The van der Waals surface area contributed by atoms with Crippen molar-refractivity contribution in [1.29, 1.82) is 0 Å². The molecule has 0 bridgehead atoms. The van der Waals surface area contributed by atoms with Gasteiger partial charge in [0.2, 0.25) is 0 Å². The number of fused-ring (bicyclic) bond motifs is 1. The van der Waals surface area contributed by atoms with Gasteiger partial charge < -0.3 is 5.32 Å². The maximum absolute atomic E-state index is 12.8. The number of carbonyl (C=O) groups excluding carboxylic acids is 2. The number of nitrogens with zero attached hydrogens (tertiary/aromatic N) is 2. The first-order chi connectivity index (χ1) is 15.7. The van der Waals surface area contributed by atoms with E-state index in [2.05, 4.69) is 21.4 Å². The summed E-state index contributed by atoms with van der Waals surface area (Å²) in [6, 6.07) is 19.5. The summed E-state index contributed by atoms with van der Waals surface area (Å²) in [7, 11) is 0. The van der Waals surface area contributed by atoms with E-state index < -0.39 is 0 Å². The molecular weight excluding hydrogens is 398 g/mol. The van der Waals surface area contributed by atoms with Crippen LogP contribution in [0.15, 0.2) is 85.5 Å². The minimum Gasteiger partial charge on any atom is -0.348 e. The largest absolute Gasteiger partial charge is 0.348 e. The highest BCUT2D eigenvalue weighted by Crippen LogP contribution is 2.48. The van der Waals surface area contributed by atoms with Gasteiger partial charge in [0.05, 0.1) is 0 Å². The lowest BCUT2D eigenvalue weighted by Crippen LogP contribution is -2.22. The van der Waals surface area contributed by atoms with Crippen LogP contribution in [0.2, 0.25) is 0 Å². The normalized spacial score (nSPS) is 17.1. The number of carbonyl (C=O) groups is 2. The monoisotopic (exact) mass is 421 g/mol. The molecule has 158 valence electrons. The smallest absolute Gasteiger partial charge is 0.251 e. The Morgan fingerprint density at radius 2 is 1.62 bits per heavy atom. The molecule has 1 saturated carbocycles. The number of rotatable bonds is 7. The molecule has 0 saturated heterocycles. The molecule has 1 N–H and O–H groups in total. The van der Waals surface area contributed by atoms with Crippen molar-refractivity contribution in [3.8, 4) is 0 Å². The Hall–Kier alpha value is -3.86. The average Bonchev–Trinajstić information content (AvgIpc) is 3.64. The summed E-state index contributed by atoms with van der Waals surface area (Å²) in [6.45, 7) is 0.466. The van der Waals surface area contributed by atoms with E-state index in [9.17, 15) is 9.59 Å². The van der Waals surface area contributed by atoms with Gasteiger partial charge in [0, 0.05) is 54.6 Å². The molecule has 0 aliphatic heterocycles. The van der Waals surface area contributed by atoms with Crippen LogP contribution in [0.4, 0.5) is 0 Å². The van der Waals surface area contributed by atoms with Gasteiger partial charge >= 0.3 is 0 Å². The number of amides is 1. The molecule has 1 aliphatic carbocycles. The molecule has 5 heteroatoms. The van der Waals surface area contributed by atoms with Crippen LogP contribution in [-0.2, 0) is 17.8 Å². The third-order valence-corrected chi connectivity index (χ3v) is 6.09. The Balaban J connectivity index is 1.17. The lowest BCUT2D eigenvalue weighted by atomic mass is 10.00. The second-order valence-corrected chi connectivity index (χ2v) is 8.31. The average molecular weight is 422 g/mol. The molecular formula is C27H23N3O2. The minimum absolute atomic E-state index is 0.0644. The predicted molar refractivity (Wildman–Crippen MR) is 123 cm³/mol. The van der Waals surface area contributed by atoms with Crippen LogP contribution >= 0.6 is 0 Å². The number of hydrogen-bond donors (Lipinski definition) is 1. The van der Waals surface area contributed by atoms with Crippen molar-refractivity contribution >= 4 is 22.5 Å². The zero-order chi connectivity index (χ0) is 21.9. The summed E-state index contributed by atoms with van der Waals surface area (Å²) in [5.41, 5.74) is 3.79. The third-order valence-electron chi connectivity index (χ3n) is 6.09. The summed E-state index contributed by atoms with van der Waals surface area (Å²) in [5.74, 6) is 0.487. The Bertz CT molecular complexity index is 1270. The second-order valence-electron chi connectivity index (χ2n) is 8.31. The first kappa shape index (κ1) is 20.1. The molecule has 5 nitrogen and oxygen atoms in total. The van der Waals surface area contributed by atoms with Gasteiger partial charge in [-0.3, -0.25) is 19.6 Å². The Labute approximate surface area is 186 Å². The van der Waals surface area contributed by atoms with E-state index in [1.165, 1.54) is 0 Å². The standard InChI is InChI=1S/C27H23N3O2/c31-26(14-19-1-2-23-17-29-12-9-22(23)13-19)25-15-24(25)20-3-5-21(6-4-20)27(32)30-16-18-7-10-28-11-8-18/h1-13,17,24-25H,14-16H2,(H,30,32). The highest BCUT2D eigenvalue weighted by Gasteiger charge is 2.43. The summed E-state index contributed by atoms with van der Waals surface area (Å²) in [6.07, 6.45) is 8.36. The molecule has 1 aliphatic rings. The molecule has 2 aromatic heterocycles. The third kappa shape index (κ3) is 4.42. The van der Waals surface area contributed by atoms with Gasteiger partial charge in [0.1, 0.15) is 5.78 Å². The number of Topliss-reactive ketones (excluding diaryl/α,β-unsaturated/α-hetero) is 1. The van der Waals surface area contributed by atoms with Gasteiger partial charge in [0.25, 0.3) is 5.91 Å². The molecule has 2 atom stereocenters. The minimum atomic E-state index is -0.108. The van der Waals surface area contributed by atoms with Crippen LogP contribution in [0, 0.1) is 5.92 Å². The fraction of sp³-hybridized carbons (Fsp3) is 0.185. The van der Waals surface area contributed by atoms with Crippen LogP contribution < -0.4 is 5.32 Å². The van der Waals surface area contributed by atoms with Gasteiger partial charge in [-0.25, -0.2) is 0 Å². The quantitative estimate of drug-likeness (QED) is 0.478. The zero-order valence-electron chi connectivity index (χ0n) is 17.6. The van der Waals surface area contributed by atoms with E-state index in [0.29, 0.717) is 18.5 Å². The molecule has 2 unspecified atom stereocenters. The molecule has 2 heterocycles. The summed E-state index contributed by atoms with van der Waals surface area (Å²) in [4.78, 5) is 33.3. The number of nitrogens with one attached hydrogen (secondary N) is 1. The number of benzene rings is 2. The Morgan fingerprint density at radius 3 is 2.44 bits per heavy atom. The van der Waals surface area contributed by atoms with Crippen molar-refractivity contribution in [3.63, 3.8) is 0 Å². The maximum atomic E-state index is 12.8. The second kappa shape index (κ2) is 8.71. The van der Waals surface area contributed by atoms with Crippen LogP contribution in [0.25, 0.3) is 10.8 Å². The summed E-state index contributed by atoms with van der Waals surface area (Å²) >= 11 is 0. The van der Waals surface area contributed by atoms with Crippen LogP contribution in [0.1, 0.15) is 39.4 Å². The van der Waals surface area contributed by atoms with E-state index in [-0.39, 0.29) is 23.5 Å². The van der Waals surface area contributed by atoms with E-state index in [4.69, 9.17) is 0 Å². The van der Waals surface area contributed by atoms with E-state index in [0.717, 1.165) is 33.9 Å². The summed E-state index contributed by atoms with van der Waals surface area (Å²) < 4.78 is 0. The zero-order valence-corrected chi connectivity index (χ0v) is 17.6. The number of hydrogen-bond acceptors (Lipinski definition) is 4. The highest BCUT2D eigenvalue weighted by molar-refractivity contribution is 5.94. The molecule has 4 aromatic rings. The van der Waals surface area contributed by atoms with Gasteiger partial charge in [-0.05, 0) is 64.7 Å².